The zero-order chi connectivity index (χ0) is 17.5. The number of nitrogens with one attached hydrogen (secondary N) is 1. The van der Waals surface area contributed by atoms with Gasteiger partial charge in [0.15, 0.2) is 6.10 Å². The molecular weight excluding hydrogens is 329 g/mol. The van der Waals surface area contributed by atoms with Gasteiger partial charge in [0.1, 0.15) is 5.82 Å². The van der Waals surface area contributed by atoms with Gasteiger partial charge in [0.05, 0.1) is 0 Å². The van der Waals surface area contributed by atoms with E-state index in [1.165, 1.54) is 25.1 Å². The molecule has 0 radical (unpaired) electrons. The van der Waals surface area contributed by atoms with Crippen LogP contribution in [0.3, 0.4) is 0 Å². The van der Waals surface area contributed by atoms with Gasteiger partial charge in [-0.25, -0.2) is 9.18 Å². The maximum Gasteiger partial charge on any atom is 0.331 e. The van der Waals surface area contributed by atoms with E-state index in [-0.39, 0.29) is 12.4 Å². The lowest BCUT2D eigenvalue weighted by Gasteiger charge is -2.12. The van der Waals surface area contributed by atoms with E-state index < -0.39 is 18.0 Å². The number of benzene rings is 1. The molecule has 1 amide bonds. The monoisotopic (exact) mass is 347 g/mol. The van der Waals surface area contributed by atoms with Crippen LogP contribution in [0.2, 0.25) is 0 Å². The number of carbonyl (C=O) groups is 2. The van der Waals surface area contributed by atoms with Gasteiger partial charge >= 0.3 is 5.97 Å². The fourth-order valence-corrected chi connectivity index (χ4v) is 2.68. The van der Waals surface area contributed by atoms with Crippen LogP contribution in [0.25, 0.3) is 6.08 Å². The second kappa shape index (κ2) is 8.40. The van der Waals surface area contributed by atoms with Crippen LogP contribution < -0.4 is 5.32 Å². The van der Waals surface area contributed by atoms with Gasteiger partial charge in [-0.1, -0.05) is 12.1 Å². The molecule has 24 heavy (non-hydrogen) atoms. The van der Waals surface area contributed by atoms with Crippen LogP contribution in [0.4, 0.5) is 4.39 Å². The predicted octanol–water partition coefficient (Wildman–Crippen LogP) is 3.46. The second-order valence-electron chi connectivity index (χ2n) is 5.21. The Morgan fingerprint density at radius 3 is 2.58 bits per heavy atom. The Morgan fingerprint density at radius 2 is 1.96 bits per heavy atom. The summed E-state index contributed by atoms with van der Waals surface area (Å²) in [6.45, 7) is 3.72. The first-order chi connectivity index (χ1) is 11.4. The van der Waals surface area contributed by atoms with Crippen molar-refractivity contribution in [3.63, 3.8) is 0 Å². The van der Waals surface area contributed by atoms with E-state index >= 15 is 0 Å². The molecular formula is C18H18FNO3S. The normalized spacial score (nSPS) is 12.1. The Kier molecular flexibility index (Phi) is 6.26. The van der Waals surface area contributed by atoms with E-state index in [4.69, 9.17) is 4.74 Å². The van der Waals surface area contributed by atoms with Crippen LogP contribution in [-0.4, -0.2) is 18.0 Å². The molecule has 2 aromatic rings. The number of esters is 1. The van der Waals surface area contributed by atoms with E-state index in [1.807, 2.05) is 19.1 Å². The second-order valence-corrected chi connectivity index (χ2v) is 6.52. The maximum atomic E-state index is 12.8. The Balaban J connectivity index is 1.79. The average molecular weight is 347 g/mol. The lowest BCUT2D eigenvalue weighted by atomic mass is 10.2. The first-order valence-corrected chi connectivity index (χ1v) is 8.23. The van der Waals surface area contributed by atoms with Crippen molar-refractivity contribution in [2.24, 2.45) is 0 Å². The molecule has 2 rings (SSSR count). The van der Waals surface area contributed by atoms with Gasteiger partial charge in [-0.05, 0) is 49.8 Å². The molecule has 1 atom stereocenters. The third-order valence-electron chi connectivity index (χ3n) is 3.19. The molecule has 0 aliphatic rings. The van der Waals surface area contributed by atoms with Crippen LogP contribution >= 0.6 is 11.3 Å². The Bertz CT molecular complexity index is 737. The molecule has 4 nitrogen and oxygen atoms in total. The maximum absolute atomic E-state index is 12.8. The molecule has 0 saturated heterocycles. The zero-order valence-corrected chi connectivity index (χ0v) is 14.2. The van der Waals surface area contributed by atoms with Crippen LogP contribution in [0.1, 0.15) is 22.2 Å². The summed E-state index contributed by atoms with van der Waals surface area (Å²) in [7, 11) is 0. The van der Waals surface area contributed by atoms with E-state index in [2.05, 4.69) is 5.32 Å². The highest BCUT2D eigenvalue weighted by atomic mass is 32.1. The van der Waals surface area contributed by atoms with E-state index in [1.54, 1.807) is 29.5 Å². The van der Waals surface area contributed by atoms with Crippen molar-refractivity contribution in [1.82, 2.24) is 5.32 Å². The van der Waals surface area contributed by atoms with Crippen molar-refractivity contribution in [2.45, 2.75) is 26.5 Å². The molecule has 0 aliphatic heterocycles. The fraction of sp³-hybridized carbons (Fsp3) is 0.222. The molecule has 0 aliphatic carbocycles. The highest BCUT2D eigenvalue weighted by molar-refractivity contribution is 7.12. The lowest BCUT2D eigenvalue weighted by Crippen LogP contribution is -2.35. The highest BCUT2D eigenvalue weighted by Gasteiger charge is 2.16. The smallest absolute Gasteiger partial charge is 0.331 e. The topological polar surface area (TPSA) is 55.4 Å². The molecule has 0 bridgehead atoms. The Hall–Kier alpha value is -2.47. The minimum absolute atomic E-state index is 0.241. The van der Waals surface area contributed by atoms with E-state index in [9.17, 15) is 14.0 Å². The number of hydrogen-bond donors (Lipinski definition) is 1. The van der Waals surface area contributed by atoms with Crippen molar-refractivity contribution in [1.29, 1.82) is 0 Å². The summed E-state index contributed by atoms with van der Waals surface area (Å²) in [5.74, 6) is -1.32. The lowest BCUT2D eigenvalue weighted by molar-refractivity contribution is -0.150. The summed E-state index contributed by atoms with van der Waals surface area (Å²) in [5.41, 5.74) is 0.760. The van der Waals surface area contributed by atoms with Gasteiger partial charge in [-0.3, -0.25) is 4.79 Å². The minimum Gasteiger partial charge on any atom is -0.449 e. The number of thiophene rings is 1. The van der Waals surface area contributed by atoms with Crippen molar-refractivity contribution in [3.05, 3.63) is 63.6 Å². The van der Waals surface area contributed by atoms with Gasteiger partial charge < -0.3 is 10.1 Å². The summed E-state index contributed by atoms with van der Waals surface area (Å²) in [5, 5.41) is 2.64. The van der Waals surface area contributed by atoms with Crippen molar-refractivity contribution < 1.29 is 18.7 Å². The molecule has 1 heterocycles. The molecule has 6 heteroatoms. The van der Waals surface area contributed by atoms with E-state index in [0.29, 0.717) is 0 Å². The Morgan fingerprint density at radius 1 is 1.25 bits per heavy atom. The summed E-state index contributed by atoms with van der Waals surface area (Å²) < 4.78 is 17.9. The first kappa shape index (κ1) is 17.9. The molecule has 0 fully saturated rings. The number of halogens is 1. The fourth-order valence-electron chi connectivity index (χ4n) is 1.90. The SMILES string of the molecule is Cc1ccc(/C=C/C(=O)O[C@@H](C)C(=O)NCc2ccc(F)cc2)s1. The number of ether oxygens (including phenoxy) is 1. The standard InChI is InChI=1S/C18H18FNO3S/c1-12-3-8-16(24-12)9-10-17(21)23-13(2)18(22)20-11-14-4-6-15(19)7-5-14/h3-10,13H,11H2,1-2H3,(H,20,22)/b10-9+/t13-/m0/s1. The summed E-state index contributed by atoms with van der Waals surface area (Å²) in [6, 6.07) is 9.67. The third kappa shape index (κ3) is 5.62. The summed E-state index contributed by atoms with van der Waals surface area (Å²) >= 11 is 1.56. The highest BCUT2D eigenvalue weighted by Crippen LogP contribution is 2.16. The van der Waals surface area contributed by atoms with Crippen molar-refractivity contribution in [2.75, 3.05) is 0 Å². The largest absolute Gasteiger partial charge is 0.449 e. The van der Waals surface area contributed by atoms with Gasteiger partial charge in [-0.15, -0.1) is 11.3 Å². The molecule has 1 aromatic carbocycles. The summed E-state index contributed by atoms with van der Waals surface area (Å²) in [6.07, 6.45) is 2.05. The summed E-state index contributed by atoms with van der Waals surface area (Å²) in [4.78, 5) is 25.7. The molecule has 126 valence electrons. The van der Waals surface area contributed by atoms with Gasteiger partial charge in [0.25, 0.3) is 5.91 Å². The number of carbonyl (C=O) groups excluding carboxylic acids is 2. The molecule has 0 unspecified atom stereocenters. The number of amides is 1. The zero-order valence-electron chi connectivity index (χ0n) is 13.4. The quantitative estimate of drug-likeness (QED) is 0.643. The number of aryl methyl sites for hydroxylation is 1. The van der Waals surface area contributed by atoms with Crippen LogP contribution in [0.5, 0.6) is 0 Å². The molecule has 0 spiro atoms. The predicted molar refractivity (Wildman–Crippen MR) is 91.9 cm³/mol. The van der Waals surface area contributed by atoms with Crippen LogP contribution in [-0.2, 0) is 20.9 Å². The molecule has 0 saturated carbocycles. The number of rotatable bonds is 6. The van der Waals surface area contributed by atoms with Crippen molar-refractivity contribution >= 4 is 29.3 Å². The van der Waals surface area contributed by atoms with Crippen LogP contribution in [0, 0.1) is 12.7 Å². The van der Waals surface area contributed by atoms with E-state index in [0.717, 1.165) is 15.3 Å². The first-order valence-electron chi connectivity index (χ1n) is 7.41. The van der Waals surface area contributed by atoms with Gasteiger partial charge in [-0.2, -0.15) is 0 Å². The molecule has 1 N–H and O–H groups in total. The average Bonchev–Trinajstić information content (AvgIpc) is 2.97. The van der Waals surface area contributed by atoms with Crippen molar-refractivity contribution in [3.8, 4) is 0 Å². The van der Waals surface area contributed by atoms with Gasteiger partial charge in [0.2, 0.25) is 0 Å². The Labute approximate surface area is 144 Å². The number of hydrogen-bond acceptors (Lipinski definition) is 4. The van der Waals surface area contributed by atoms with Crippen LogP contribution in [0.15, 0.2) is 42.5 Å². The van der Waals surface area contributed by atoms with Gasteiger partial charge in [0, 0.05) is 22.4 Å². The molecule has 1 aromatic heterocycles. The third-order valence-corrected chi connectivity index (χ3v) is 4.15. The minimum atomic E-state index is -0.910.